The summed E-state index contributed by atoms with van der Waals surface area (Å²) in [5.74, 6) is -0.816. The van der Waals surface area contributed by atoms with Crippen LogP contribution in [-0.4, -0.2) is 20.7 Å². The van der Waals surface area contributed by atoms with E-state index in [0.717, 1.165) is 6.20 Å². The number of carbonyl (C=O) groups is 1. The van der Waals surface area contributed by atoms with Crippen molar-refractivity contribution in [3.63, 3.8) is 0 Å². The van der Waals surface area contributed by atoms with Crippen molar-refractivity contribution in [1.29, 1.82) is 0 Å². The predicted molar refractivity (Wildman–Crippen MR) is 97.7 cm³/mol. The number of nitrogens with zero attached hydrogens (tertiary/aromatic N) is 3. The van der Waals surface area contributed by atoms with E-state index >= 15 is 0 Å². The van der Waals surface area contributed by atoms with Gasteiger partial charge in [0.15, 0.2) is 0 Å². The Bertz CT molecular complexity index is 1290. The normalized spacial score (nSPS) is 12.7. The molecule has 0 fully saturated rings. The molecule has 0 bridgehead atoms. The number of benzene rings is 2. The van der Waals surface area contributed by atoms with Crippen molar-refractivity contribution >= 4 is 16.7 Å². The first-order valence-corrected chi connectivity index (χ1v) is 8.57. The third kappa shape index (κ3) is 2.80. The van der Waals surface area contributed by atoms with Crippen LogP contribution in [0, 0.1) is 0 Å². The zero-order valence-corrected chi connectivity index (χ0v) is 14.6. The number of carbonyl (C=O) groups excluding carboxylic acids is 1. The van der Waals surface area contributed by atoms with E-state index in [0.29, 0.717) is 28.0 Å². The fourth-order valence-electron chi connectivity index (χ4n) is 3.32. The summed E-state index contributed by atoms with van der Waals surface area (Å²) in [7, 11) is 0. The van der Waals surface area contributed by atoms with Gasteiger partial charge in [-0.3, -0.25) is 9.78 Å². The third-order valence-corrected chi connectivity index (χ3v) is 4.59. The fourth-order valence-corrected chi connectivity index (χ4v) is 3.32. The van der Waals surface area contributed by atoms with Crippen LogP contribution in [-0.2, 0) is 6.18 Å². The highest BCUT2D eigenvalue weighted by molar-refractivity contribution is 6.24. The van der Waals surface area contributed by atoms with Crippen molar-refractivity contribution in [2.45, 2.75) is 6.18 Å². The molecule has 0 saturated carbocycles. The van der Waals surface area contributed by atoms with Crippen LogP contribution >= 0.6 is 0 Å². The summed E-state index contributed by atoms with van der Waals surface area (Å²) < 4.78 is 44.7. The molecule has 1 aliphatic rings. The molecule has 0 amide bonds. The number of aromatic nitrogens is 3. The summed E-state index contributed by atoms with van der Waals surface area (Å²) in [6.45, 7) is 0. The highest BCUT2D eigenvalue weighted by atomic mass is 19.4. The van der Waals surface area contributed by atoms with Crippen LogP contribution in [0.15, 0.2) is 60.9 Å². The Hall–Kier alpha value is -3.81. The van der Waals surface area contributed by atoms with Crippen LogP contribution in [0.5, 0.6) is 11.5 Å². The highest BCUT2D eigenvalue weighted by Gasteiger charge is 2.38. The minimum atomic E-state index is -4.74. The average Bonchev–Trinajstić information content (AvgIpc) is 3.00. The SMILES string of the molecule is O=C1c2cnc3ccc(Oc4ccccc4)cc3c2-c2cnc(C(F)(F)F)nc21. The number of rotatable bonds is 2. The Labute approximate surface area is 161 Å². The molecule has 2 heterocycles. The van der Waals surface area contributed by atoms with E-state index in [2.05, 4.69) is 15.0 Å². The second kappa shape index (κ2) is 6.10. The van der Waals surface area contributed by atoms with Gasteiger partial charge in [-0.1, -0.05) is 18.2 Å². The number of para-hydroxylation sites is 1. The molecule has 0 radical (unpaired) electrons. The van der Waals surface area contributed by atoms with E-state index in [9.17, 15) is 18.0 Å². The molecule has 8 heteroatoms. The van der Waals surface area contributed by atoms with Crippen molar-refractivity contribution in [3.05, 3.63) is 78.0 Å². The molecule has 29 heavy (non-hydrogen) atoms. The lowest BCUT2D eigenvalue weighted by molar-refractivity contribution is -0.145. The van der Waals surface area contributed by atoms with Crippen molar-refractivity contribution in [3.8, 4) is 22.6 Å². The van der Waals surface area contributed by atoms with Crippen molar-refractivity contribution in [2.75, 3.05) is 0 Å². The fraction of sp³-hybridized carbons (Fsp3) is 0.0476. The van der Waals surface area contributed by atoms with Crippen molar-refractivity contribution < 1.29 is 22.7 Å². The Morgan fingerprint density at radius 2 is 1.62 bits per heavy atom. The van der Waals surface area contributed by atoms with Crippen LogP contribution in [0.1, 0.15) is 21.9 Å². The maximum absolute atomic E-state index is 13.0. The molecule has 2 aromatic heterocycles. The highest BCUT2D eigenvalue weighted by Crippen LogP contribution is 2.41. The Morgan fingerprint density at radius 1 is 0.862 bits per heavy atom. The van der Waals surface area contributed by atoms with Crippen LogP contribution in [0.3, 0.4) is 0 Å². The molecule has 0 unspecified atom stereocenters. The zero-order chi connectivity index (χ0) is 20.2. The lowest BCUT2D eigenvalue weighted by Gasteiger charge is -2.09. The number of hydrogen-bond donors (Lipinski definition) is 0. The largest absolute Gasteiger partial charge is 0.457 e. The first-order valence-electron chi connectivity index (χ1n) is 8.57. The predicted octanol–water partition coefficient (Wildman–Crippen LogP) is 5.05. The minimum Gasteiger partial charge on any atom is -0.457 e. The third-order valence-electron chi connectivity index (χ3n) is 4.59. The van der Waals surface area contributed by atoms with Gasteiger partial charge >= 0.3 is 6.18 Å². The summed E-state index contributed by atoms with van der Waals surface area (Å²) in [5.41, 5.74) is 1.21. The minimum absolute atomic E-state index is 0.193. The molecule has 0 saturated heterocycles. The van der Waals surface area contributed by atoms with Crippen LogP contribution in [0.2, 0.25) is 0 Å². The second-order valence-corrected chi connectivity index (χ2v) is 6.42. The van der Waals surface area contributed by atoms with Gasteiger partial charge in [-0.15, -0.1) is 0 Å². The first-order chi connectivity index (χ1) is 13.9. The molecule has 0 spiro atoms. The average molecular weight is 393 g/mol. The number of ether oxygens (including phenoxy) is 1. The summed E-state index contributed by atoms with van der Waals surface area (Å²) in [6, 6.07) is 14.3. The van der Waals surface area contributed by atoms with Crippen LogP contribution in [0.4, 0.5) is 13.2 Å². The Morgan fingerprint density at radius 3 is 2.38 bits per heavy atom. The molecular formula is C21H10F3N3O2. The Balaban J connectivity index is 1.68. The lowest BCUT2D eigenvalue weighted by Crippen LogP contribution is -2.13. The number of pyridine rings is 1. The van der Waals surface area contributed by atoms with E-state index in [-0.39, 0.29) is 16.8 Å². The van der Waals surface area contributed by atoms with Crippen LogP contribution in [0.25, 0.3) is 22.0 Å². The number of alkyl halides is 3. The van der Waals surface area contributed by atoms with E-state index < -0.39 is 17.8 Å². The Kier molecular flexibility index (Phi) is 3.64. The summed E-state index contributed by atoms with van der Waals surface area (Å²) in [6.07, 6.45) is -2.34. The second-order valence-electron chi connectivity index (χ2n) is 6.42. The quantitative estimate of drug-likeness (QED) is 0.420. The van der Waals surface area contributed by atoms with Gasteiger partial charge in [0, 0.05) is 28.9 Å². The number of ketones is 1. The van der Waals surface area contributed by atoms with Gasteiger partial charge in [0.2, 0.25) is 11.6 Å². The van der Waals surface area contributed by atoms with Gasteiger partial charge in [0.1, 0.15) is 17.2 Å². The monoisotopic (exact) mass is 393 g/mol. The van der Waals surface area contributed by atoms with Gasteiger partial charge in [0.05, 0.1) is 11.1 Å². The van der Waals surface area contributed by atoms with Gasteiger partial charge in [0.25, 0.3) is 0 Å². The number of fused-ring (bicyclic) bond motifs is 5. The zero-order valence-electron chi connectivity index (χ0n) is 14.6. The van der Waals surface area contributed by atoms with E-state index in [1.54, 1.807) is 30.3 Å². The summed E-state index contributed by atoms with van der Waals surface area (Å²) >= 11 is 0. The van der Waals surface area contributed by atoms with Crippen LogP contribution < -0.4 is 4.74 Å². The maximum atomic E-state index is 13.0. The van der Waals surface area contributed by atoms with E-state index in [4.69, 9.17) is 4.74 Å². The number of halogens is 3. The molecule has 0 atom stereocenters. The summed E-state index contributed by atoms with van der Waals surface area (Å²) in [4.78, 5) is 23.8. The van der Waals surface area contributed by atoms with Gasteiger partial charge in [-0.05, 0) is 30.3 Å². The molecule has 0 aliphatic heterocycles. The van der Waals surface area contributed by atoms with E-state index in [1.807, 2.05) is 18.2 Å². The molecule has 5 rings (SSSR count). The lowest BCUT2D eigenvalue weighted by atomic mass is 10.0. The standard InChI is InChI=1S/C21H10F3N3O2/c22-21(23,24)20-26-9-14-17-13-8-12(29-11-4-2-1-3-5-11)6-7-16(13)25-10-15(17)19(28)18(14)27-20/h1-10H. The molecule has 0 N–H and O–H groups in total. The molecule has 2 aromatic carbocycles. The summed E-state index contributed by atoms with van der Waals surface area (Å²) in [5, 5.41) is 0.575. The van der Waals surface area contributed by atoms with Gasteiger partial charge in [-0.25, -0.2) is 9.97 Å². The van der Waals surface area contributed by atoms with E-state index in [1.165, 1.54) is 6.20 Å². The first kappa shape index (κ1) is 17.3. The topological polar surface area (TPSA) is 65.0 Å². The molecule has 1 aliphatic carbocycles. The van der Waals surface area contributed by atoms with Crippen molar-refractivity contribution in [1.82, 2.24) is 15.0 Å². The maximum Gasteiger partial charge on any atom is 0.451 e. The molecular weight excluding hydrogens is 383 g/mol. The van der Waals surface area contributed by atoms with Gasteiger partial charge in [-0.2, -0.15) is 13.2 Å². The smallest absolute Gasteiger partial charge is 0.451 e. The van der Waals surface area contributed by atoms with Crippen molar-refractivity contribution in [2.24, 2.45) is 0 Å². The molecule has 5 nitrogen and oxygen atoms in total. The molecule has 4 aromatic rings. The van der Waals surface area contributed by atoms with Gasteiger partial charge < -0.3 is 4.74 Å². The number of hydrogen-bond acceptors (Lipinski definition) is 5. The molecule has 142 valence electrons.